The van der Waals surface area contributed by atoms with E-state index in [1.54, 1.807) is 12.1 Å². The smallest absolute Gasteiger partial charge is 0.276 e. The van der Waals surface area contributed by atoms with Gasteiger partial charge in [0.2, 0.25) is 0 Å². The van der Waals surface area contributed by atoms with Gasteiger partial charge in [-0.15, -0.1) is 0 Å². The summed E-state index contributed by atoms with van der Waals surface area (Å²) in [6.45, 7) is 1.77. The van der Waals surface area contributed by atoms with E-state index >= 15 is 0 Å². The second-order valence-corrected chi connectivity index (χ2v) is 6.37. The molecule has 0 saturated carbocycles. The van der Waals surface area contributed by atoms with Crippen molar-refractivity contribution in [3.05, 3.63) is 75.3 Å². The lowest BCUT2D eigenvalue weighted by atomic mass is 10.0. The first-order valence-corrected chi connectivity index (χ1v) is 8.52. The molecule has 0 unspecified atom stereocenters. The summed E-state index contributed by atoms with van der Waals surface area (Å²) in [5.41, 5.74) is 0.726. The van der Waals surface area contributed by atoms with E-state index in [9.17, 15) is 18.9 Å². The second kappa shape index (κ2) is 8.33. The number of halogens is 2. The summed E-state index contributed by atoms with van der Waals surface area (Å²) in [6.07, 6.45) is 1.53. The monoisotopic (exact) mass is 362 g/mol. The van der Waals surface area contributed by atoms with Crippen molar-refractivity contribution in [2.45, 2.75) is 32.0 Å². The Morgan fingerprint density at radius 1 is 1.08 bits per heavy atom. The zero-order valence-electron chi connectivity index (χ0n) is 14.2. The standard InChI is InChI=1S/C19H20F2N2O3/c20-15-6-4-14(5-7-15)12-22(16-8-10-26-11-9-16)13-17-18(21)2-1-3-19(17)23(24)25/h1-7,16H,8-13H2. The van der Waals surface area contributed by atoms with Gasteiger partial charge in [-0.05, 0) is 36.6 Å². The SMILES string of the molecule is O=[N+]([O-])c1cccc(F)c1CN(Cc1ccc(F)cc1)C1CCOCC1. The third-order valence-corrected chi connectivity index (χ3v) is 4.66. The predicted molar refractivity (Wildman–Crippen MR) is 92.5 cm³/mol. The molecule has 3 rings (SSSR count). The fourth-order valence-corrected chi connectivity index (χ4v) is 3.27. The Hall–Kier alpha value is -2.38. The van der Waals surface area contributed by atoms with E-state index in [0.29, 0.717) is 19.8 Å². The average Bonchev–Trinajstić information content (AvgIpc) is 2.65. The molecule has 1 fully saturated rings. The third-order valence-electron chi connectivity index (χ3n) is 4.66. The molecule has 2 aromatic carbocycles. The number of ether oxygens (including phenoxy) is 1. The molecule has 7 heteroatoms. The zero-order valence-corrected chi connectivity index (χ0v) is 14.2. The van der Waals surface area contributed by atoms with Gasteiger partial charge in [-0.25, -0.2) is 8.78 Å². The van der Waals surface area contributed by atoms with Gasteiger partial charge in [0.1, 0.15) is 11.6 Å². The molecule has 0 radical (unpaired) electrons. The van der Waals surface area contributed by atoms with Crippen LogP contribution in [-0.4, -0.2) is 29.1 Å². The molecule has 1 aliphatic rings. The third kappa shape index (κ3) is 4.42. The molecule has 5 nitrogen and oxygen atoms in total. The van der Waals surface area contributed by atoms with E-state index < -0.39 is 10.7 Å². The largest absolute Gasteiger partial charge is 0.381 e. The van der Waals surface area contributed by atoms with E-state index in [-0.39, 0.29) is 29.7 Å². The minimum Gasteiger partial charge on any atom is -0.381 e. The maximum atomic E-state index is 14.3. The van der Waals surface area contributed by atoms with Crippen molar-refractivity contribution in [1.29, 1.82) is 0 Å². The summed E-state index contributed by atoms with van der Waals surface area (Å²) < 4.78 is 32.9. The fourth-order valence-electron chi connectivity index (χ4n) is 3.27. The van der Waals surface area contributed by atoms with Crippen molar-refractivity contribution in [2.24, 2.45) is 0 Å². The van der Waals surface area contributed by atoms with Gasteiger partial charge in [0.15, 0.2) is 0 Å². The van der Waals surface area contributed by atoms with Crippen LogP contribution < -0.4 is 0 Å². The molecule has 1 aliphatic heterocycles. The molecule has 26 heavy (non-hydrogen) atoms. The fraction of sp³-hybridized carbons (Fsp3) is 0.368. The molecule has 0 bridgehead atoms. The lowest BCUT2D eigenvalue weighted by molar-refractivity contribution is -0.386. The summed E-state index contributed by atoms with van der Waals surface area (Å²) in [7, 11) is 0. The van der Waals surface area contributed by atoms with E-state index in [1.165, 1.54) is 30.3 Å². The maximum Gasteiger partial charge on any atom is 0.276 e. The van der Waals surface area contributed by atoms with Crippen molar-refractivity contribution < 1.29 is 18.4 Å². The van der Waals surface area contributed by atoms with Crippen molar-refractivity contribution in [3.8, 4) is 0 Å². The Morgan fingerprint density at radius 2 is 1.77 bits per heavy atom. The molecular weight excluding hydrogens is 342 g/mol. The van der Waals surface area contributed by atoms with Gasteiger partial charge in [-0.3, -0.25) is 15.0 Å². The minimum absolute atomic E-state index is 0.0751. The van der Waals surface area contributed by atoms with Gasteiger partial charge in [0.05, 0.1) is 10.5 Å². The lowest BCUT2D eigenvalue weighted by Gasteiger charge is -2.34. The second-order valence-electron chi connectivity index (χ2n) is 6.37. The van der Waals surface area contributed by atoms with E-state index in [4.69, 9.17) is 4.74 Å². The number of nitro groups is 1. The molecule has 0 aliphatic carbocycles. The van der Waals surface area contributed by atoms with Gasteiger partial charge in [0, 0.05) is 38.4 Å². The van der Waals surface area contributed by atoms with Crippen molar-refractivity contribution in [3.63, 3.8) is 0 Å². The molecule has 138 valence electrons. The van der Waals surface area contributed by atoms with Crippen LogP contribution in [0.15, 0.2) is 42.5 Å². The van der Waals surface area contributed by atoms with Crippen LogP contribution in [0.5, 0.6) is 0 Å². The van der Waals surface area contributed by atoms with Crippen LogP contribution in [0.4, 0.5) is 14.5 Å². The lowest BCUT2D eigenvalue weighted by Crippen LogP contribution is -2.38. The van der Waals surface area contributed by atoms with Crippen LogP contribution in [0.2, 0.25) is 0 Å². The topological polar surface area (TPSA) is 55.6 Å². The minimum atomic E-state index is -0.588. The van der Waals surface area contributed by atoms with Gasteiger partial charge < -0.3 is 4.74 Å². The average molecular weight is 362 g/mol. The zero-order chi connectivity index (χ0) is 18.5. The highest BCUT2D eigenvalue weighted by molar-refractivity contribution is 5.41. The van der Waals surface area contributed by atoms with Crippen LogP contribution >= 0.6 is 0 Å². The molecule has 0 aromatic heterocycles. The Bertz CT molecular complexity index is 762. The van der Waals surface area contributed by atoms with E-state index in [0.717, 1.165) is 18.4 Å². The molecule has 0 spiro atoms. The van der Waals surface area contributed by atoms with Crippen molar-refractivity contribution >= 4 is 5.69 Å². The van der Waals surface area contributed by atoms with Crippen LogP contribution in [0.3, 0.4) is 0 Å². The van der Waals surface area contributed by atoms with Crippen molar-refractivity contribution in [2.75, 3.05) is 13.2 Å². The summed E-state index contributed by atoms with van der Waals surface area (Å²) >= 11 is 0. The summed E-state index contributed by atoms with van der Waals surface area (Å²) in [5, 5.41) is 11.3. The van der Waals surface area contributed by atoms with Gasteiger partial charge >= 0.3 is 0 Å². The quantitative estimate of drug-likeness (QED) is 0.575. The summed E-state index contributed by atoms with van der Waals surface area (Å²) in [4.78, 5) is 12.7. The Balaban J connectivity index is 1.88. The van der Waals surface area contributed by atoms with Crippen LogP contribution in [0, 0.1) is 21.7 Å². The van der Waals surface area contributed by atoms with Gasteiger partial charge in [0.25, 0.3) is 5.69 Å². The van der Waals surface area contributed by atoms with E-state index in [2.05, 4.69) is 0 Å². The number of hydrogen-bond acceptors (Lipinski definition) is 4. The first kappa shape index (κ1) is 18.4. The molecule has 0 amide bonds. The molecule has 1 saturated heterocycles. The van der Waals surface area contributed by atoms with Gasteiger partial charge in [-0.1, -0.05) is 18.2 Å². The Morgan fingerprint density at radius 3 is 2.42 bits per heavy atom. The van der Waals surface area contributed by atoms with Crippen LogP contribution in [-0.2, 0) is 17.8 Å². The van der Waals surface area contributed by atoms with Gasteiger partial charge in [-0.2, -0.15) is 0 Å². The highest BCUT2D eigenvalue weighted by Crippen LogP contribution is 2.27. The molecule has 0 N–H and O–H groups in total. The molecule has 0 atom stereocenters. The molecular formula is C19H20F2N2O3. The summed E-state index contributed by atoms with van der Waals surface area (Å²) in [6, 6.07) is 10.1. The van der Waals surface area contributed by atoms with Crippen LogP contribution in [0.1, 0.15) is 24.0 Å². The first-order valence-electron chi connectivity index (χ1n) is 8.52. The van der Waals surface area contributed by atoms with E-state index in [1.807, 2.05) is 4.90 Å². The molecule has 2 aromatic rings. The molecule has 1 heterocycles. The number of nitro benzene ring substituents is 1. The van der Waals surface area contributed by atoms with Crippen LogP contribution in [0.25, 0.3) is 0 Å². The Kier molecular flexibility index (Phi) is 5.90. The first-order chi connectivity index (χ1) is 12.5. The normalized spacial score (nSPS) is 15.3. The number of nitrogens with zero attached hydrogens (tertiary/aromatic N) is 2. The Labute approximate surface area is 150 Å². The summed E-state index contributed by atoms with van der Waals surface area (Å²) in [5.74, 6) is -0.911. The predicted octanol–water partition coefficient (Wildman–Crippen LogP) is 4.05. The maximum absolute atomic E-state index is 14.3. The highest BCUT2D eigenvalue weighted by Gasteiger charge is 2.26. The number of rotatable bonds is 6. The number of hydrogen-bond donors (Lipinski definition) is 0. The highest BCUT2D eigenvalue weighted by atomic mass is 19.1. The number of benzene rings is 2. The van der Waals surface area contributed by atoms with Crippen molar-refractivity contribution in [1.82, 2.24) is 4.90 Å².